The minimum Gasteiger partial charge on any atom is -0.327 e. The summed E-state index contributed by atoms with van der Waals surface area (Å²) >= 11 is 0. The minimum atomic E-state index is -0.429. The lowest BCUT2D eigenvalue weighted by atomic mass is 10.0. The van der Waals surface area contributed by atoms with Crippen LogP contribution in [0.15, 0.2) is 18.2 Å². The fourth-order valence-electron chi connectivity index (χ4n) is 1.39. The summed E-state index contributed by atoms with van der Waals surface area (Å²) in [6.07, 6.45) is 0.199. The van der Waals surface area contributed by atoms with Crippen LogP contribution in [0.5, 0.6) is 0 Å². The fourth-order valence-corrected chi connectivity index (χ4v) is 1.39. The molecule has 1 aromatic carbocycles. The van der Waals surface area contributed by atoms with Gasteiger partial charge in [-0.1, -0.05) is 19.9 Å². The Morgan fingerprint density at radius 1 is 1.47 bits per heavy atom. The summed E-state index contributed by atoms with van der Waals surface area (Å²) in [5.41, 5.74) is 6.90. The number of nitrogens with two attached hydrogens (primary N) is 1. The van der Waals surface area contributed by atoms with E-state index in [1.165, 1.54) is 6.07 Å². The van der Waals surface area contributed by atoms with Crippen molar-refractivity contribution >= 4 is 11.6 Å². The van der Waals surface area contributed by atoms with E-state index in [4.69, 9.17) is 5.73 Å². The number of anilines is 1. The highest BCUT2D eigenvalue weighted by atomic mass is 19.1. The molecule has 1 atom stereocenters. The highest BCUT2D eigenvalue weighted by Gasteiger charge is 2.14. The van der Waals surface area contributed by atoms with Crippen LogP contribution in [0.1, 0.15) is 25.8 Å². The van der Waals surface area contributed by atoms with E-state index in [9.17, 15) is 9.18 Å². The topological polar surface area (TPSA) is 55.1 Å². The van der Waals surface area contributed by atoms with Gasteiger partial charge in [0.2, 0.25) is 5.91 Å². The Morgan fingerprint density at radius 3 is 2.71 bits per heavy atom. The Kier molecular flexibility index (Phi) is 4.63. The summed E-state index contributed by atoms with van der Waals surface area (Å²) in [7, 11) is 0. The Hall–Kier alpha value is -1.42. The van der Waals surface area contributed by atoms with Gasteiger partial charge in [0.05, 0.1) is 5.69 Å². The number of hydrogen-bond acceptors (Lipinski definition) is 2. The molecule has 4 heteroatoms. The van der Waals surface area contributed by atoms with E-state index in [-0.39, 0.29) is 30.0 Å². The number of hydrogen-bond donors (Lipinski definition) is 2. The number of aryl methyl sites for hydroxylation is 1. The predicted molar refractivity (Wildman–Crippen MR) is 67.2 cm³/mol. The lowest BCUT2D eigenvalue weighted by Crippen LogP contribution is -2.31. The second-order valence-electron chi connectivity index (χ2n) is 4.64. The average Bonchev–Trinajstić information content (AvgIpc) is 2.23. The highest BCUT2D eigenvalue weighted by molar-refractivity contribution is 5.91. The number of halogens is 1. The van der Waals surface area contributed by atoms with Gasteiger partial charge in [-0.15, -0.1) is 0 Å². The molecule has 0 aliphatic heterocycles. The summed E-state index contributed by atoms with van der Waals surface area (Å²) in [6.45, 7) is 5.74. The third-order valence-corrected chi connectivity index (χ3v) is 2.67. The molecule has 1 amide bonds. The molecule has 3 N–H and O–H groups in total. The molecule has 3 nitrogen and oxygen atoms in total. The van der Waals surface area contributed by atoms with Crippen LogP contribution in [-0.4, -0.2) is 11.9 Å². The lowest BCUT2D eigenvalue weighted by molar-refractivity contribution is -0.116. The van der Waals surface area contributed by atoms with Crippen LogP contribution in [0.4, 0.5) is 10.1 Å². The second kappa shape index (κ2) is 5.77. The molecule has 1 rings (SSSR count). The van der Waals surface area contributed by atoms with Gasteiger partial charge in [-0.05, 0) is 30.5 Å². The molecule has 0 heterocycles. The van der Waals surface area contributed by atoms with E-state index in [0.717, 1.165) is 5.56 Å². The number of nitrogens with one attached hydrogen (secondary N) is 1. The van der Waals surface area contributed by atoms with E-state index in [1.807, 2.05) is 20.8 Å². The maximum atomic E-state index is 13.4. The zero-order valence-corrected chi connectivity index (χ0v) is 10.5. The first-order valence-corrected chi connectivity index (χ1v) is 5.71. The van der Waals surface area contributed by atoms with Gasteiger partial charge >= 0.3 is 0 Å². The van der Waals surface area contributed by atoms with Crippen molar-refractivity contribution < 1.29 is 9.18 Å². The lowest BCUT2D eigenvalue weighted by Gasteiger charge is -2.15. The molecule has 94 valence electrons. The van der Waals surface area contributed by atoms with E-state index in [1.54, 1.807) is 12.1 Å². The van der Waals surface area contributed by atoms with Crippen LogP contribution in [0.2, 0.25) is 0 Å². The van der Waals surface area contributed by atoms with Crippen molar-refractivity contribution in [2.75, 3.05) is 5.32 Å². The standard InChI is InChI=1S/C13H19FN2O/c1-8(2)11(15)7-13(17)16-12-6-9(3)4-5-10(12)14/h4-6,8,11H,7,15H2,1-3H3,(H,16,17). The van der Waals surface area contributed by atoms with Crippen molar-refractivity contribution in [3.05, 3.63) is 29.6 Å². The number of benzene rings is 1. The van der Waals surface area contributed by atoms with Gasteiger partial charge in [-0.25, -0.2) is 4.39 Å². The van der Waals surface area contributed by atoms with Gasteiger partial charge in [-0.3, -0.25) is 4.79 Å². The maximum absolute atomic E-state index is 13.4. The monoisotopic (exact) mass is 238 g/mol. The predicted octanol–water partition coefficient (Wildman–Crippen LogP) is 2.45. The molecule has 0 aliphatic rings. The van der Waals surface area contributed by atoms with E-state index in [2.05, 4.69) is 5.32 Å². The van der Waals surface area contributed by atoms with Crippen LogP contribution >= 0.6 is 0 Å². The van der Waals surface area contributed by atoms with Gasteiger partial charge in [0.15, 0.2) is 0 Å². The van der Waals surface area contributed by atoms with Crippen molar-refractivity contribution in [3.8, 4) is 0 Å². The van der Waals surface area contributed by atoms with Crippen LogP contribution in [0.3, 0.4) is 0 Å². The van der Waals surface area contributed by atoms with Crippen molar-refractivity contribution in [1.29, 1.82) is 0 Å². The molecule has 0 saturated heterocycles. The van der Waals surface area contributed by atoms with Crippen molar-refractivity contribution in [1.82, 2.24) is 0 Å². The molecule has 0 bridgehead atoms. The first kappa shape index (κ1) is 13.6. The summed E-state index contributed by atoms with van der Waals surface area (Å²) in [4.78, 5) is 11.6. The quantitative estimate of drug-likeness (QED) is 0.846. The molecule has 0 saturated carbocycles. The summed E-state index contributed by atoms with van der Waals surface area (Å²) in [5.74, 6) is -0.458. The zero-order valence-electron chi connectivity index (χ0n) is 10.5. The number of carbonyl (C=O) groups excluding carboxylic acids is 1. The van der Waals surface area contributed by atoms with Crippen molar-refractivity contribution in [3.63, 3.8) is 0 Å². The van der Waals surface area contributed by atoms with Gasteiger partial charge in [0.25, 0.3) is 0 Å². The van der Waals surface area contributed by atoms with Crippen LogP contribution in [0.25, 0.3) is 0 Å². The van der Waals surface area contributed by atoms with E-state index < -0.39 is 5.82 Å². The molecule has 0 fully saturated rings. The highest BCUT2D eigenvalue weighted by Crippen LogP contribution is 2.16. The van der Waals surface area contributed by atoms with Gasteiger partial charge in [0.1, 0.15) is 5.82 Å². The third-order valence-electron chi connectivity index (χ3n) is 2.67. The Bertz CT molecular complexity index is 404. The SMILES string of the molecule is Cc1ccc(F)c(NC(=O)CC(N)C(C)C)c1. The van der Waals surface area contributed by atoms with E-state index in [0.29, 0.717) is 0 Å². The third kappa shape index (κ3) is 4.15. The summed E-state index contributed by atoms with van der Waals surface area (Å²) in [5, 5.41) is 2.54. The zero-order chi connectivity index (χ0) is 13.0. The Balaban J connectivity index is 2.65. The first-order chi connectivity index (χ1) is 7.90. The molecule has 1 unspecified atom stereocenters. The van der Waals surface area contributed by atoms with Crippen LogP contribution in [0, 0.1) is 18.7 Å². The Labute approximate surface area is 101 Å². The first-order valence-electron chi connectivity index (χ1n) is 5.71. The molecule has 1 aromatic rings. The molecule has 0 radical (unpaired) electrons. The Morgan fingerprint density at radius 2 is 2.12 bits per heavy atom. The fraction of sp³-hybridized carbons (Fsp3) is 0.462. The molecule has 17 heavy (non-hydrogen) atoms. The average molecular weight is 238 g/mol. The second-order valence-corrected chi connectivity index (χ2v) is 4.64. The van der Waals surface area contributed by atoms with Crippen LogP contribution < -0.4 is 11.1 Å². The van der Waals surface area contributed by atoms with Gasteiger partial charge < -0.3 is 11.1 Å². The van der Waals surface area contributed by atoms with Crippen molar-refractivity contribution in [2.45, 2.75) is 33.2 Å². The summed E-state index contributed by atoms with van der Waals surface area (Å²) < 4.78 is 13.4. The van der Waals surface area contributed by atoms with Gasteiger partial charge in [-0.2, -0.15) is 0 Å². The van der Waals surface area contributed by atoms with Gasteiger partial charge in [0, 0.05) is 12.5 Å². The molecular weight excluding hydrogens is 219 g/mol. The largest absolute Gasteiger partial charge is 0.327 e. The van der Waals surface area contributed by atoms with E-state index >= 15 is 0 Å². The number of amides is 1. The minimum absolute atomic E-state index is 0.199. The molecular formula is C13H19FN2O. The number of rotatable bonds is 4. The molecule has 0 aliphatic carbocycles. The molecule has 0 aromatic heterocycles. The molecule has 0 spiro atoms. The number of carbonyl (C=O) groups is 1. The smallest absolute Gasteiger partial charge is 0.226 e. The maximum Gasteiger partial charge on any atom is 0.226 e. The summed E-state index contributed by atoms with van der Waals surface area (Å²) in [6, 6.07) is 4.40. The van der Waals surface area contributed by atoms with Crippen LogP contribution in [-0.2, 0) is 4.79 Å². The normalized spacial score (nSPS) is 12.6. The van der Waals surface area contributed by atoms with Crippen molar-refractivity contribution in [2.24, 2.45) is 11.7 Å².